The number of hydrogen-bond acceptors (Lipinski definition) is 5. The molecule has 4 aromatic rings. The first kappa shape index (κ1) is 18.7. The number of halogens is 3. The summed E-state index contributed by atoms with van der Waals surface area (Å²) < 4.78 is 42.6. The first-order valence-electron chi connectivity index (χ1n) is 9.18. The van der Waals surface area contributed by atoms with Crippen molar-refractivity contribution >= 4 is 27.5 Å². The highest BCUT2D eigenvalue weighted by atomic mass is 32.1. The Kier molecular flexibility index (Phi) is 4.31. The van der Waals surface area contributed by atoms with E-state index in [0.717, 1.165) is 12.1 Å². The van der Waals surface area contributed by atoms with Crippen LogP contribution in [0.5, 0.6) is 0 Å². The maximum absolute atomic E-state index is 13.5. The van der Waals surface area contributed by atoms with Crippen LogP contribution in [0, 0.1) is 17.5 Å². The van der Waals surface area contributed by atoms with Gasteiger partial charge in [0.2, 0.25) is 0 Å². The Morgan fingerprint density at radius 2 is 1.80 bits per heavy atom. The van der Waals surface area contributed by atoms with E-state index in [1.807, 2.05) is 11.5 Å². The van der Waals surface area contributed by atoms with Gasteiger partial charge >= 0.3 is 0 Å². The molecule has 0 bridgehead atoms. The van der Waals surface area contributed by atoms with Crippen LogP contribution >= 0.6 is 11.3 Å². The van der Waals surface area contributed by atoms with Crippen LogP contribution in [0.2, 0.25) is 0 Å². The molecular weight excluding hydrogens is 415 g/mol. The summed E-state index contributed by atoms with van der Waals surface area (Å²) in [5, 5.41) is 8.96. The molecule has 30 heavy (non-hydrogen) atoms. The zero-order chi connectivity index (χ0) is 21.0. The molecule has 6 nitrogen and oxygen atoms in total. The molecular formula is C20H14F3N5OS. The highest BCUT2D eigenvalue weighted by Crippen LogP contribution is 2.34. The van der Waals surface area contributed by atoms with Crippen molar-refractivity contribution in [2.75, 3.05) is 6.54 Å². The van der Waals surface area contributed by atoms with Gasteiger partial charge < -0.3 is 9.47 Å². The van der Waals surface area contributed by atoms with E-state index in [1.54, 1.807) is 4.90 Å². The molecule has 2 aromatic carbocycles. The average Bonchev–Trinajstić information content (AvgIpc) is 3.33. The summed E-state index contributed by atoms with van der Waals surface area (Å²) in [6.45, 7) is 2.69. The van der Waals surface area contributed by atoms with Crippen molar-refractivity contribution in [3.05, 3.63) is 65.2 Å². The predicted molar refractivity (Wildman–Crippen MR) is 104 cm³/mol. The quantitative estimate of drug-likeness (QED) is 0.479. The molecule has 0 saturated carbocycles. The van der Waals surface area contributed by atoms with Gasteiger partial charge in [-0.05, 0) is 37.3 Å². The smallest absolute Gasteiger partial charge is 0.254 e. The second-order valence-electron chi connectivity index (χ2n) is 6.97. The molecule has 1 aliphatic heterocycles. The van der Waals surface area contributed by atoms with Crippen molar-refractivity contribution in [1.29, 1.82) is 0 Å². The third kappa shape index (κ3) is 2.95. The standard InChI is InChI=1S/C20H14F3N5OS/c1-10-17-25-26-18(19-24-15-8-13(22)14(23)9-16(15)30-19)28(17)7-6-27(10)20(29)11-2-4-12(21)5-3-11/h2-5,8-10H,6-7H2,1H3. The summed E-state index contributed by atoms with van der Waals surface area (Å²) in [5.41, 5.74) is 0.745. The van der Waals surface area contributed by atoms with Crippen LogP contribution in [0.3, 0.4) is 0 Å². The number of carbonyl (C=O) groups is 1. The molecule has 0 N–H and O–H groups in total. The van der Waals surface area contributed by atoms with E-state index in [-0.39, 0.29) is 11.9 Å². The lowest BCUT2D eigenvalue weighted by Crippen LogP contribution is -2.41. The van der Waals surface area contributed by atoms with Gasteiger partial charge in [-0.15, -0.1) is 21.5 Å². The Hall–Kier alpha value is -3.27. The van der Waals surface area contributed by atoms with E-state index in [0.29, 0.717) is 45.5 Å². The fourth-order valence-corrected chi connectivity index (χ4v) is 4.56. The predicted octanol–water partition coefficient (Wildman–Crippen LogP) is 4.19. The van der Waals surface area contributed by atoms with Crippen LogP contribution in [0.15, 0.2) is 36.4 Å². The lowest BCUT2D eigenvalue weighted by molar-refractivity contribution is 0.0638. The molecule has 0 saturated heterocycles. The van der Waals surface area contributed by atoms with Gasteiger partial charge in [-0.1, -0.05) is 0 Å². The lowest BCUT2D eigenvalue weighted by Gasteiger charge is -2.33. The molecule has 1 aliphatic rings. The third-order valence-corrected chi connectivity index (χ3v) is 6.17. The number of benzene rings is 2. The number of carbonyl (C=O) groups excluding carboxylic acids is 1. The summed E-state index contributed by atoms with van der Waals surface area (Å²) in [4.78, 5) is 18.9. The minimum atomic E-state index is -0.953. The fourth-order valence-electron chi connectivity index (χ4n) is 3.60. The van der Waals surface area contributed by atoms with E-state index >= 15 is 0 Å². The maximum Gasteiger partial charge on any atom is 0.254 e. The molecule has 2 aromatic heterocycles. The summed E-state index contributed by atoms with van der Waals surface area (Å²) in [6, 6.07) is 7.22. The Bertz CT molecular complexity index is 1240. The number of fused-ring (bicyclic) bond motifs is 2. The first-order chi connectivity index (χ1) is 14.4. The van der Waals surface area contributed by atoms with E-state index < -0.39 is 17.5 Å². The number of rotatable bonds is 2. The topological polar surface area (TPSA) is 63.9 Å². The van der Waals surface area contributed by atoms with Gasteiger partial charge in [0.15, 0.2) is 28.3 Å². The van der Waals surface area contributed by atoms with Gasteiger partial charge in [0.05, 0.1) is 16.3 Å². The Morgan fingerprint density at radius 3 is 2.57 bits per heavy atom. The largest absolute Gasteiger partial charge is 0.327 e. The minimum Gasteiger partial charge on any atom is -0.327 e. The van der Waals surface area contributed by atoms with Crippen LogP contribution in [0.1, 0.15) is 29.1 Å². The van der Waals surface area contributed by atoms with Gasteiger partial charge in [0.25, 0.3) is 5.91 Å². The zero-order valence-corrected chi connectivity index (χ0v) is 16.5. The molecule has 0 spiro atoms. The average molecular weight is 429 g/mol. The SMILES string of the molecule is CC1c2nnc(-c3nc4cc(F)c(F)cc4s3)n2CCN1C(=O)c1ccc(F)cc1. The minimum absolute atomic E-state index is 0.218. The van der Waals surface area contributed by atoms with Gasteiger partial charge in [0.1, 0.15) is 5.82 Å². The Balaban J connectivity index is 1.48. The summed E-state index contributed by atoms with van der Waals surface area (Å²) in [7, 11) is 0. The van der Waals surface area contributed by atoms with E-state index in [1.165, 1.54) is 35.6 Å². The molecule has 152 valence electrons. The van der Waals surface area contributed by atoms with Crippen molar-refractivity contribution in [3.63, 3.8) is 0 Å². The van der Waals surface area contributed by atoms with Crippen LogP contribution in [-0.4, -0.2) is 37.1 Å². The van der Waals surface area contributed by atoms with Crippen molar-refractivity contribution in [2.24, 2.45) is 0 Å². The van der Waals surface area contributed by atoms with Crippen molar-refractivity contribution < 1.29 is 18.0 Å². The van der Waals surface area contributed by atoms with Gasteiger partial charge in [-0.25, -0.2) is 18.2 Å². The molecule has 1 amide bonds. The molecule has 3 heterocycles. The van der Waals surface area contributed by atoms with E-state index in [4.69, 9.17) is 0 Å². The lowest BCUT2D eigenvalue weighted by atomic mass is 10.1. The summed E-state index contributed by atoms with van der Waals surface area (Å²) in [5.74, 6) is -1.42. The van der Waals surface area contributed by atoms with Crippen LogP contribution in [0.4, 0.5) is 13.2 Å². The second-order valence-corrected chi connectivity index (χ2v) is 8.00. The fraction of sp³-hybridized carbons (Fsp3) is 0.200. The van der Waals surface area contributed by atoms with Crippen molar-refractivity contribution in [3.8, 4) is 10.8 Å². The zero-order valence-electron chi connectivity index (χ0n) is 15.6. The molecule has 0 fully saturated rings. The molecule has 1 atom stereocenters. The normalized spacial score (nSPS) is 16.1. The number of amides is 1. The number of hydrogen-bond donors (Lipinski definition) is 0. The maximum atomic E-state index is 13.5. The first-order valence-corrected chi connectivity index (χ1v) is 9.99. The van der Waals surface area contributed by atoms with Crippen molar-refractivity contribution in [1.82, 2.24) is 24.6 Å². The second kappa shape index (κ2) is 6.91. The van der Waals surface area contributed by atoms with Crippen LogP contribution in [-0.2, 0) is 6.54 Å². The Morgan fingerprint density at radius 1 is 1.07 bits per heavy atom. The van der Waals surface area contributed by atoms with E-state index in [2.05, 4.69) is 15.2 Å². The summed E-state index contributed by atoms with van der Waals surface area (Å²) in [6.07, 6.45) is 0. The van der Waals surface area contributed by atoms with Crippen LogP contribution in [0.25, 0.3) is 21.0 Å². The molecule has 0 radical (unpaired) electrons. The Labute approximate surface area is 172 Å². The monoisotopic (exact) mass is 429 g/mol. The number of aromatic nitrogens is 4. The van der Waals surface area contributed by atoms with Gasteiger partial charge in [-0.3, -0.25) is 4.79 Å². The number of nitrogens with zero attached hydrogens (tertiary/aromatic N) is 5. The summed E-state index contributed by atoms with van der Waals surface area (Å²) >= 11 is 1.20. The van der Waals surface area contributed by atoms with Crippen molar-refractivity contribution in [2.45, 2.75) is 19.5 Å². The number of thiazole rings is 1. The van der Waals surface area contributed by atoms with Crippen LogP contribution < -0.4 is 0 Å². The molecule has 1 unspecified atom stereocenters. The third-order valence-electron chi connectivity index (χ3n) is 5.16. The van der Waals surface area contributed by atoms with E-state index in [9.17, 15) is 18.0 Å². The molecule has 5 rings (SSSR count). The van der Waals surface area contributed by atoms with Gasteiger partial charge in [0, 0.05) is 24.7 Å². The van der Waals surface area contributed by atoms with Gasteiger partial charge in [-0.2, -0.15) is 0 Å². The molecule has 10 heteroatoms. The highest BCUT2D eigenvalue weighted by molar-refractivity contribution is 7.21. The molecule has 0 aliphatic carbocycles. The highest BCUT2D eigenvalue weighted by Gasteiger charge is 2.32.